The fourth-order valence-electron chi connectivity index (χ4n) is 4.11. The summed E-state index contributed by atoms with van der Waals surface area (Å²) in [7, 11) is 0. The molecule has 1 aromatic carbocycles. The Labute approximate surface area is 121 Å². The van der Waals surface area contributed by atoms with Crippen LogP contribution in [0.4, 0.5) is 0 Å². The van der Waals surface area contributed by atoms with Crippen LogP contribution in [0, 0.1) is 18.8 Å². The lowest BCUT2D eigenvalue weighted by Crippen LogP contribution is -2.39. The number of aliphatic hydroxyl groups is 1. The molecule has 2 aliphatic rings. The number of aliphatic hydroxyl groups excluding tert-OH is 1. The molecule has 5 unspecified atom stereocenters. The van der Waals surface area contributed by atoms with Crippen LogP contribution >= 0.6 is 0 Å². The maximum atomic E-state index is 10.1. The van der Waals surface area contributed by atoms with E-state index in [4.69, 9.17) is 5.73 Å². The molecule has 0 spiro atoms. The highest BCUT2D eigenvalue weighted by Crippen LogP contribution is 2.41. The first-order chi connectivity index (χ1) is 9.56. The number of hydrogen-bond acceptors (Lipinski definition) is 3. The maximum absolute atomic E-state index is 10.1. The van der Waals surface area contributed by atoms with Crippen LogP contribution in [0.15, 0.2) is 24.3 Å². The van der Waals surface area contributed by atoms with E-state index in [2.05, 4.69) is 43.0 Å². The van der Waals surface area contributed by atoms with Gasteiger partial charge in [-0.15, -0.1) is 0 Å². The van der Waals surface area contributed by atoms with Crippen LogP contribution in [0.2, 0.25) is 0 Å². The molecule has 1 aromatic rings. The molecular weight excluding hydrogens is 248 g/mol. The molecule has 0 aromatic heterocycles. The van der Waals surface area contributed by atoms with Gasteiger partial charge in [-0.25, -0.2) is 0 Å². The third-order valence-corrected chi connectivity index (χ3v) is 5.16. The summed E-state index contributed by atoms with van der Waals surface area (Å²) in [4.78, 5) is 2.49. The molecule has 1 heterocycles. The molecule has 1 saturated heterocycles. The van der Waals surface area contributed by atoms with Crippen molar-refractivity contribution in [2.45, 2.75) is 44.9 Å². The minimum Gasteiger partial charge on any atom is -0.393 e. The van der Waals surface area contributed by atoms with Crippen LogP contribution in [0.1, 0.15) is 36.9 Å². The fraction of sp³-hybridized carbons (Fsp3) is 0.647. The van der Waals surface area contributed by atoms with E-state index in [0.29, 0.717) is 11.8 Å². The molecule has 3 heteroatoms. The van der Waals surface area contributed by atoms with Crippen molar-refractivity contribution in [2.24, 2.45) is 17.6 Å². The van der Waals surface area contributed by atoms with Crippen molar-refractivity contribution in [2.75, 3.05) is 13.1 Å². The highest BCUT2D eigenvalue weighted by molar-refractivity contribution is 5.25. The first kappa shape index (κ1) is 14.1. The van der Waals surface area contributed by atoms with E-state index < -0.39 is 0 Å². The number of nitrogens with two attached hydrogens (primary N) is 1. The third-order valence-electron chi connectivity index (χ3n) is 5.16. The van der Waals surface area contributed by atoms with Gasteiger partial charge < -0.3 is 10.8 Å². The van der Waals surface area contributed by atoms with Crippen molar-refractivity contribution in [3.05, 3.63) is 35.4 Å². The first-order valence-electron chi connectivity index (χ1n) is 7.80. The van der Waals surface area contributed by atoms with Gasteiger partial charge in [0.1, 0.15) is 0 Å². The van der Waals surface area contributed by atoms with Gasteiger partial charge in [0.2, 0.25) is 0 Å². The second-order valence-electron chi connectivity index (χ2n) is 6.74. The molecule has 1 aliphatic heterocycles. The second-order valence-corrected chi connectivity index (χ2v) is 6.74. The standard InChI is InChI=1S/C17H26N2O/c1-11-3-5-13(6-4-11)17(12(2)18)19-9-14-7-8-16(20)15(14)10-19/h3-6,12,14-17,20H,7-10,18H2,1-2H3. The zero-order valence-corrected chi connectivity index (χ0v) is 12.5. The molecule has 0 radical (unpaired) electrons. The van der Waals surface area contributed by atoms with Crippen LogP contribution in [0.5, 0.6) is 0 Å². The van der Waals surface area contributed by atoms with Crippen LogP contribution in [-0.2, 0) is 0 Å². The van der Waals surface area contributed by atoms with Gasteiger partial charge in [-0.3, -0.25) is 4.90 Å². The van der Waals surface area contributed by atoms with Gasteiger partial charge in [0, 0.05) is 31.1 Å². The quantitative estimate of drug-likeness (QED) is 0.887. The number of benzene rings is 1. The minimum atomic E-state index is -0.100. The Morgan fingerprint density at radius 3 is 2.50 bits per heavy atom. The summed E-state index contributed by atoms with van der Waals surface area (Å²) in [5.74, 6) is 1.12. The van der Waals surface area contributed by atoms with E-state index in [-0.39, 0.29) is 18.2 Å². The lowest BCUT2D eigenvalue weighted by atomic mass is 9.98. The topological polar surface area (TPSA) is 49.5 Å². The molecule has 110 valence electrons. The van der Waals surface area contributed by atoms with Crippen molar-refractivity contribution < 1.29 is 5.11 Å². The van der Waals surface area contributed by atoms with Crippen molar-refractivity contribution >= 4 is 0 Å². The van der Waals surface area contributed by atoms with Crippen molar-refractivity contribution in [1.82, 2.24) is 4.90 Å². The monoisotopic (exact) mass is 274 g/mol. The summed E-state index contributed by atoms with van der Waals surface area (Å²) in [5, 5.41) is 10.1. The molecule has 0 bridgehead atoms. The average molecular weight is 274 g/mol. The number of hydrogen-bond donors (Lipinski definition) is 2. The van der Waals surface area contributed by atoms with Crippen molar-refractivity contribution in [3.63, 3.8) is 0 Å². The average Bonchev–Trinajstić information content (AvgIpc) is 2.95. The SMILES string of the molecule is Cc1ccc(C(C(C)N)N2CC3CCC(O)C3C2)cc1. The smallest absolute Gasteiger partial charge is 0.0583 e. The Kier molecular flexibility index (Phi) is 3.85. The second kappa shape index (κ2) is 5.47. The fourth-order valence-corrected chi connectivity index (χ4v) is 4.11. The zero-order chi connectivity index (χ0) is 14.3. The molecule has 2 fully saturated rings. The van der Waals surface area contributed by atoms with E-state index >= 15 is 0 Å². The van der Waals surface area contributed by atoms with E-state index in [9.17, 15) is 5.11 Å². The summed E-state index contributed by atoms with van der Waals surface area (Å²) >= 11 is 0. The highest BCUT2D eigenvalue weighted by Gasteiger charge is 2.44. The van der Waals surface area contributed by atoms with Crippen molar-refractivity contribution in [3.8, 4) is 0 Å². The van der Waals surface area contributed by atoms with Gasteiger partial charge in [-0.05, 0) is 38.2 Å². The lowest BCUT2D eigenvalue weighted by molar-refractivity contribution is 0.115. The molecule has 0 amide bonds. The van der Waals surface area contributed by atoms with Gasteiger partial charge in [-0.1, -0.05) is 29.8 Å². The Morgan fingerprint density at radius 2 is 1.90 bits per heavy atom. The van der Waals surface area contributed by atoms with Gasteiger partial charge in [0.15, 0.2) is 0 Å². The molecule has 20 heavy (non-hydrogen) atoms. The Bertz CT molecular complexity index is 457. The van der Waals surface area contributed by atoms with Crippen LogP contribution in [-0.4, -0.2) is 35.2 Å². The van der Waals surface area contributed by atoms with Crippen LogP contribution in [0.3, 0.4) is 0 Å². The van der Waals surface area contributed by atoms with Gasteiger partial charge in [0.05, 0.1) is 6.10 Å². The number of nitrogens with zero attached hydrogens (tertiary/aromatic N) is 1. The summed E-state index contributed by atoms with van der Waals surface area (Å²) in [5.41, 5.74) is 8.86. The summed E-state index contributed by atoms with van der Waals surface area (Å²) in [6.45, 7) is 6.28. The number of rotatable bonds is 3. The predicted molar refractivity (Wildman–Crippen MR) is 81.4 cm³/mol. The van der Waals surface area contributed by atoms with E-state index in [1.54, 1.807) is 0 Å². The molecule has 3 nitrogen and oxygen atoms in total. The minimum absolute atomic E-state index is 0.100. The number of aryl methyl sites for hydroxylation is 1. The van der Waals surface area contributed by atoms with Crippen LogP contribution in [0.25, 0.3) is 0 Å². The normalized spacial score (nSPS) is 33.1. The van der Waals surface area contributed by atoms with Gasteiger partial charge in [-0.2, -0.15) is 0 Å². The van der Waals surface area contributed by atoms with Gasteiger partial charge >= 0.3 is 0 Å². The Morgan fingerprint density at radius 1 is 1.20 bits per heavy atom. The largest absolute Gasteiger partial charge is 0.393 e. The van der Waals surface area contributed by atoms with Crippen molar-refractivity contribution in [1.29, 1.82) is 0 Å². The zero-order valence-electron chi connectivity index (χ0n) is 12.5. The molecule has 3 N–H and O–H groups in total. The highest BCUT2D eigenvalue weighted by atomic mass is 16.3. The van der Waals surface area contributed by atoms with E-state index in [1.807, 2.05) is 0 Å². The summed E-state index contributed by atoms with van der Waals surface area (Å²) in [6.07, 6.45) is 2.05. The molecular formula is C17H26N2O. The molecule has 3 rings (SSSR count). The van der Waals surface area contributed by atoms with Crippen LogP contribution < -0.4 is 5.73 Å². The number of fused-ring (bicyclic) bond motifs is 1. The Hall–Kier alpha value is -0.900. The third kappa shape index (κ3) is 2.50. The summed E-state index contributed by atoms with van der Waals surface area (Å²) < 4.78 is 0. The van der Waals surface area contributed by atoms with E-state index in [1.165, 1.54) is 17.5 Å². The predicted octanol–water partition coefficient (Wildman–Crippen LogP) is 2.09. The lowest BCUT2D eigenvalue weighted by Gasteiger charge is -2.32. The van der Waals surface area contributed by atoms with E-state index in [0.717, 1.165) is 19.5 Å². The molecule has 1 aliphatic carbocycles. The number of likely N-dealkylation sites (tertiary alicyclic amines) is 1. The molecule has 1 saturated carbocycles. The maximum Gasteiger partial charge on any atom is 0.0583 e. The summed E-state index contributed by atoms with van der Waals surface area (Å²) in [6, 6.07) is 9.11. The first-order valence-corrected chi connectivity index (χ1v) is 7.80. The molecule has 5 atom stereocenters. The van der Waals surface area contributed by atoms with Gasteiger partial charge in [0.25, 0.3) is 0 Å². The Balaban J connectivity index is 1.80.